The van der Waals surface area contributed by atoms with Crippen LogP contribution in [0.15, 0.2) is 28.0 Å². The third-order valence-electron chi connectivity index (χ3n) is 2.43. The summed E-state index contributed by atoms with van der Waals surface area (Å²) in [7, 11) is -3.52. The van der Waals surface area contributed by atoms with Crippen molar-refractivity contribution in [3.63, 3.8) is 0 Å². The van der Waals surface area contributed by atoms with E-state index in [9.17, 15) is 8.42 Å². The number of aryl methyl sites for hydroxylation is 1. The molecule has 0 fully saturated rings. The van der Waals surface area contributed by atoms with E-state index < -0.39 is 10.0 Å². The van der Waals surface area contributed by atoms with Crippen LogP contribution in [0.25, 0.3) is 0 Å². The van der Waals surface area contributed by atoms with Crippen molar-refractivity contribution < 1.29 is 12.8 Å². The third kappa shape index (κ3) is 2.77. The predicted octanol–water partition coefficient (Wildman–Crippen LogP) is 1.24. The molecule has 1 aromatic rings. The standard InChI is InChI=1S/C11H18N2O3S/c1-4-6-13(5-2)17(14,15)11-7-10(8-12)16-9(11)3/h4,7H,1,5-6,8,12H2,2-3H3. The van der Waals surface area contributed by atoms with Crippen LogP contribution in [0, 0.1) is 6.92 Å². The number of nitrogens with zero attached hydrogens (tertiary/aromatic N) is 1. The van der Waals surface area contributed by atoms with Gasteiger partial charge in [-0.2, -0.15) is 4.31 Å². The molecule has 0 bridgehead atoms. The average molecular weight is 258 g/mol. The molecule has 1 heterocycles. The van der Waals surface area contributed by atoms with Gasteiger partial charge in [0.15, 0.2) is 0 Å². The Balaban J connectivity index is 3.19. The minimum atomic E-state index is -3.52. The molecule has 17 heavy (non-hydrogen) atoms. The second kappa shape index (κ2) is 5.48. The number of hydrogen-bond donors (Lipinski definition) is 1. The van der Waals surface area contributed by atoms with Gasteiger partial charge in [0, 0.05) is 19.2 Å². The summed E-state index contributed by atoms with van der Waals surface area (Å²) in [5.74, 6) is 0.837. The molecule has 0 spiro atoms. The van der Waals surface area contributed by atoms with Gasteiger partial charge in [0.1, 0.15) is 16.4 Å². The number of sulfonamides is 1. The fourth-order valence-corrected chi connectivity index (χ4v) is 3.17. The molecule has 1 aromatic heterocycles. The van der Waals surface area contributed by atoms with E-state index in [4.69, 9.17) is 10.2 Å². The number of hydrogen-bond acceptors (Lipinski definition) is 4. The van der Waals surface area contributed by atoms with Crippen LogP contribution >= 0.6 is 0 Å². The van der Waals surface area contributed by atoms with E-state index in [0.29, 0.717) is 18.1 Å². The maximum absolute atomic E-state index is 12.3. The van der Waals surface area contributed by atoms with Crippen LogP contribution in [0.5, 0.6) is 0 Å². The molecule has 6 heteroatoms. The quantitative estimate of drug-likeness (QED) is 0.779. The maximum Gasteiger partial charge on any atom is 0.246 e. The first-order valence-electron chi connectivity index (χ1n) is 5.37. The van der Waals surface area contributed by atoms with Crippen LogP contribution in [-0.4, -0.2) is 25.8 Å². The molecule has 0 aliphatic rings. The summed E-state index contributed by atoms with van der Waals surface area (Å²) < 4.78 is 31.2. The molecule has 0 amide bonds. The zero-order valence-electron chi connectivity index (χ0n) is 10.1. The van der Waals surface area contributed by atoms with Crippen LogP contribution in [0.4, 0.5) is 0 Å². The summed E-state index contributed by atoms with van der Waals surface area (Å²) in [5, 5.41) is 0. The lowest BCUT2D eigenvalue weighted by molar-refractivity contribution is 0.451. The van der Waals surface area contributed by atoms with Crippen LogP contribution in [0.1, 0.15) is 18.4 Å². The molecule has 96 valence electrons. The fourth-order valence-electron chi connectivity index (χ4n) is 1.56. The van der Waals surface area contributed by atoms with Gasteiger partial charge in [0.2, 0.25) is 10.0 Å². The van der Waals surface area contributed by atoms with Crippen molar-refractivity contribution in [2.45, 2.75) is 25.3 Å². The number of rotatable bonds is 6. The van der Waals surface area contributed by atoms with Gasteiger partial charge >= 0.3 is 0 Å². The molecule has 0 aliphatic carbocycles. The van der Waals surface area contributed by atoms with Gasteiger partial charge < -0.3 is 10.2 Å². The van der Waals surface area contributed by atoms with E-state index in [1.165, 1.54) is 10.4 Å². The van der Waals surface area contributed by atoms with Crippen LogP contribution in [-0.2, 0) is 16.6 Å². The molecule has 0 aliphatic heterocycles. The minimum absolute atomic E-state index is 0.182. The Morgan fingerprint density at radius 1 is 1.59 bits per heavy atom. The molecule has 0 radical (unpaired) electrons. The van der Waals surface area contributed by atoms with Crippen molar-refractivity contribution in [1.29, 1.82) is 0 Å². The van der Waals surface area contributed by atoms with Gasteiger partial charge in [-0.25, -0.2) is 8.42 Å². The minimum Gasteiger partial charge on any atom is -0.464 e. The van der Waals surface area contributed by atoms with Crippen molar-refractivity contribution in [2.75, 3.05) is 13.1 Å². The molecule has 0 saturated carbocycles. The van der Waals surface area contributed by atoms with Crippen molar-refractivity contribution in [3.05, 3.63) is 30.2 Å². The van der Waals surface area contributed by atoms with Gasteiger partial charge in [-0.05, 0) is 6.92 Å². The Labute approximate surface area is 102 Å². The lowest BCUT2D eigenvalue weighted by Crippen LogP contribution is -2.31. The zero-order chi connectivity index (χ0) is 13.1. The Morgan fingerprint density at radius 3 is 2.65 bits per heavy atom. The third-order valence-corrected chi connectivity index (χ3v) is 4.48. The Bertz CT molecular complexity index is 491. The van der Waals surface area contributed by atoms with Gasteiger partial charge in [0.05, 0.1) is 6.54 Å². The molecular formula is C11H18N2O3S. The number of furan rings is 1. The molecule has 0 unspecified atom stereocenters. The average Bonchev–Trinajstić information content (AvgIpc) is 2.67. The fraction of sp³-hybridized carbons (Fsp3) is 0.455. The summed E-state index contributed by atoms with van der Waals surface area (Å²) in [4.78, 5) is 0.182. The summed E-state index contributed by atoms with van der Waals surface area (Å²) in [5.41, 5.74) is 5.42. The van der Waals surface area contributed by atoms with Crippen LogP contribution < -0.4 is 5.73 Å². The van der Waals surface area contributed by atoms with E-state index in [0.717, 1.165) is 0 Å². The second-order valence-corrected chi connectivity index (χ2v) is 5.49. The van der Waals surface area contributed by atoms with E-state index in [1.54, 1.807) is 19.9 Å². The Morgan fingerprint density at radius 2 is 2.24 bits per heavy atom. The van der Waals surface area contributed by atoms with E-state index >= 15 is 0 Å². The zero-order valence-corrected chi connectivity index (χ0v) is 11.0. The molecule has 0 aromatic carbocycles. The van der Waals surface area contributed by atoms with Gasteiger partial charge in [-0.1, -0.05) is 13.0 Å². The summed E-state index contributed by atoms with van der Waals surface area (Å²) >= 11 is 0. The topological polar surface area (TPSA) is 76.5 Å². The molecule has 0 atom stereocenters. The van der Waals surface area contributed by atoms with Gasteiger partial charge in [-0.15, -0.1) is 6.58 Å². The van der Waals surface area contributed by atoms with Crippen LogP contribution in [0.2, 0.25) is 0 Å². The van der Waals surface area contributed by atoms with Crippen molar-refractivity contribution >= 4 is 10.0 Å². The van der Waals surface area contributed by atoms with Crippen molar-refractivity contribution in [3.8, 4) is 0 Å². The van der Waals surface area contributed by atoms with Gasteiger partial charge in [0.25, 0.3) is 0 Å². The summed E-state index contributed by atoms with van der Waals surface area (Å²) in [6, 6.07) is 1.48. The Hall–Kier alpha value is -1.11. The first-order chi connectivity index (χ1) is 7.97. The summed E-state index contributed by atoms with van der Waals surface area (Å²) in [6.07, 6.45) is 1.56. The van der Waals surface area contributed by atoms with Crippen molar-refractivity contribution in [2.24, 2.45) is 5.73 Å². The molecule has 1 rings (SSSR count). The second-order valence-electron chi connectivity index (χ2n) is 3.58. The highest BCUT2D eigenvalue weighted by Crippen LogP contribution is 2.23. The highest BCUT2D eigenvalue weighted by molar-refractivity contribution is 7.89. The lowest BCUT2D eigenvalue weighted by Gasteiger charge is -2.17. The SMILES string of the molecule is C=CCN(CC)S(=O)(=O)c1cc(CN)oc1C. The highest BCUT2D eigenvalue weighted by atomic mass is 32.2. The molecule has 0 saturated heterocycles. The number of nitrogens with two attached hydrogens (primary N) is 1. The predicted molar refractivity (Wildman–Crippen MR) is 66.0 cm³/mol. The monoisotopic (exact) mass is 258 g/mol. The molecular weight excluding hydrogens is 240 g/mol. The summed E-state index contributed by atoms with van der Waals surface area (Å²) in [6.45, 7) is 7.80. The maximum atomic E-state index is 12.3. The normalized spacial score (nSPS) is 12.0. The highest BCUT2D eigenvalue weighted by Gasteiger charge is 2.26. The van der Waals surface area contributed by atoms with E-state index in [2.05, 4.69) is 6.58 Å². The van der Waals surface area contributed by atoms with Crippen LogP contribution in [0.3, 0.4) is 0 Å². The number of likely N-dealkylation sites (N-methyl/N-ethyl adjacent to an activating group) is 1. The Kier molecular flexibility index (Phi) is 4.50. The molecule has 2 N–H and O–H groups in total. The molecule has 5 nitrogen and oxygen atoms in total. The first kappa shape index (κ1) is 14.0. The smallest absolute Gasteiger partial charge is 0.246 e. The van der Waals surface area contributed by atoms with Crippen molar-refractivity contribution in [1.82, 2.24) is 4.31 Å². The van der Waals surface area contributed by atoms with E-state index in [1.807, 2.05) is 0 Å². The van der Waals surface area contributed by atoms with E-state index in [-0.39, 0.29) is 18.0 Å². The lowest BCUT2D eigenvalue weighted by atomic mass is 10.4. The van der Waals surface area contributed by atoms with Gasteiger partial charge in [-0.3, -0.25) is 0 Å². The first-order valence-corrected chi connectivity index (χ1v) is 6.81. The largest absolute Gasteiger partial charge is 0.464 e.